The van der Waals surface area contributed by atoms with Gasteiger partial charge < -0.3 is 15.1 Å². The maximum absolute atomic E-state index is 12.9. The van der Waals surface area contributed by atoms with Crippen LogP contribution >= 0.6 is 0 Å². The summed E-state index contributed by atoms with van der Waals surface area (Å²) in [5, 5.41) is 3.06. The number of rotatable bonds is 3. The number of likely N-dealkylation sites (tertiary alicyclic amines) is 2. The molecule has 0 bridgehead atoms. The number of hydrogen-bond donors (Lipinski definition) is 1. The zero-order chi connectivity index (χ0) is 19.5. The van der Waals surface area contributed by atoms with E-state index in [9.17, 15) is 14.4 Å². The van der Waals surface area contributed by atoms with Gasteiger partial charge in [-0.2, -0.15) is 0 Å². The van der Waals surface area contributed by atoms with Crippen LogP contribution < -0.4 is 5.32 Å². The average Bonchev–Trinajstić information content (AvgIpc) is 2.60. The van der Waals surface area contributed by atoms with Gasteiger partial charge in [0.2, 0.25) is 17.7 Å². The summed E-state index contributed by atoms with van der Waals surface area (Å²) in [5.74, 6) is 0.372. The van der Waals surface area contributed by atoms with Crippen LogP contribution in [0.4, 0.5) is 0 Å². The topological polar surface area (TPSA) is 69.7 Å². The minimum absolute atomic E-state index is 0.00133. The molecule has 6 nitrogen and oxygen atoms in total. The molecule has 0 spiro atoms. The van der Waals surface area contributed by atoms with Gasteiger partial charge in [0.15, 0.2) is 0 Å². The van der Waals surface area contributed by atoms with E-state index < -0.39 is 0 Å². The van der Waals surface area contributed by atoms with Crippen LogP contribution in [-0.4, -0.2) is 59.7 Å². The van der Waals surface area contributed by atoms with Crippen molar-refractivity contribution < 1.29 is 14.4 Å². The fourth-order valence-corrected chi connectivity index (χ4v) is 3.73. The summed E-state index contributed by atoms with van der Waals surface area (Å²) < 4.78 is 0. The molecule has 0 aromatic rings. The van der Waals surface area contributed by atoms with Crippen LogP contribution in [0.25, 0.3) is 0 Å². The molecular weight excluding hydrogens is 330 g/mol. The summed E-state index contributed by atoms with van der Waals surface area (Å²) in [7, 11) is 0. The summed E-state index contributed by atoms with van der Waals surface area (Å²) in [6.45, 7) is 12.3. The molecule has 2 fully saturated rings. The van der Waals surface area contributed by atoms with Crippen LogP contribution in [0.1, 0.15) is 60.3 Å². The van der Waals surface area contributed by atoms with Gasteiger partial charge in [-0.3, -0.25) is 14.4 Å². The summed E-state index contributed by atoms with van der Waals surface area (Å²) in [6, 6.07) is 0.0603. The van der Waals surface area contributed by atoms with Crippen LogP contribution in [0.5, 0.6) is 0 Å². The first-order valence-corrected chi connectivity index (χ1v) is 9.98. The van der Waals surface area contributed by atoms with Gasteiger partial charge in [-0.25, -0.2) is 0 Å². The fraction of sp³-hybridized carbons (Fsp3) is 0.850. The molecule has 0 radical (unpaired) electrons. The Morgan fingerprint density at radius 2 is 1.58 bits per heavy atom. The maximum atomic E-state index is 12.9. The third-order valence-corrected chi connectivity index (χ3v) is 5.38. The standard InChI is InChI=1S/C20H35N3O3/c1-14(2)17(24)21-16-7-6-10-23(13-16)18(25)15-8-11-22(12-9-15)19(26)20(3,4)5/h14-16H,6-13H2,1-5H3,(H,21,24). The van der Waals surface area contributed by atoms with Gasteiger partial charge in [-0.15, -0.1) is 0 Å². The molecule has 2 rings (SSSR count). The van der Waals surface area contributed by atoms with E-state index in [1.165, 1.54) is 0 Å². The zero-order valence-electron chi connectivity index (χ0n) is 17.0. The van der Waals surface area contributed by atoms with Gasteiger partial charge in [-0.1, -0.05) is 34.6 Å². The molecule has 2 aliphatic rings. The van der Waals surface area contributed by atoms with E-state index >= 15 is 0 Å². The van der Waals surface area contributed by atoms with Crippen molar-refractivity contribution in [3.63, 3.8) is 0 Å². The lowest BCUT2D eigenvalue weighted by molar-refractivity contribution is -0.145. The summed E-state index contributed by atoms with van der Waals surface area (Å²) in [5.41, 5.74) is -0.369. The third kappa shape index (κ3) is 5.21. The van der Waals surface area contributed by atoms with Crippen LogP contribution in [0.15, 0.2) is 0 Å². The fourth-order valence-electron chi connectivity index (χ4n) is 3.73. The molecule has 0 aliphatic carbocycles. The SMILES string of the molecule is CC(C)C(=O)NC1CCCN(C(=O)C2CCN(C(=O)C(C)(C)C)CC2)C1. The first kappa shape index (κ1) is 20.7. The highest BCUT2D eigenvalue weighted by Crippen LogP contribution is 2.25. The van der Waals surface area contributed by atoms with Gasteiger partial charge in [-0.05, 0) is 25.7 Å². The van der Waals surface area contributed by atoms with E-state index in [0.717, 1.165) is 32.2 Å². The minimum atomic E-state index is -0.369. The summed E-state index contributed by atoms with van der Waals surface area (Å²) in [4.78, 5) is 41.0. The highest BCUT2D eigenvalue weighted by atomic mass is 16.2. The van der Waals surface area contributed by atoms with Crippen molar-refractivity contribution in [3.8, 4) is 0 Å². The molecule has 2 saturated heterocycles. The van der Waals surface area contributed by atoms with E-state index in [1.54, 1.807) is 0 Å². The second-order valence-electron chi connectivity index (χ2n) is 9.10. The molecule has 2 aliphatic heterocycles. The number of piperidine rings is 2. The number of hydrogen-bond acceptors (Lipinski definition) is 3. The molecule has 0 saturated carbocycles. The normalized spacial score (nSPS) is 22.5. The predicted molar refractivity (Wildman–Crippen MR) is 101 cm³/mol. The molecule has 0 aromatic carbocycles. The Labute approximate surface area is 157 Å². The molecule has 6 heteroatoms. The van der Waals surface area contributed by atoms with E-state index in [1.807, 2.05) is 44.4 Å². The van der Waals surface area contributed by atoms with Crippen molar-refractivity contribution in [2.45, 2.75) is 66.3 Å². The Bertz CT molecular complexity index is 531. The second-order valence-corrected chi connectivity index (χ2v) is 9.10. The smallest absolute Gasteiger partial charge is 0.227 e. The molecular formula is C20H35N3O3. The number of amides is 3. The van der Waals surface area contributed by atoms with Crippen molar-refractivity contribution in [1.29, 1.82) is 0 Å². The molecule has 1 N–H and O–H groups in total. The number of nitrogens with zero attached hydrogens (tertiary/aromatic N) is 2. The van der Waals surface area contributed by atoms with Crippen molar-refractivity contribution in [1.82, 2.24) is 15.1 Å². The predicted octanol–water partition coefficient (Wildman–Crippen LogP) is 2.03. The third-order valence-electron chi connectivity index (χ3n) is 5.38. The largest absolute Gasteiger partial charge is 0.351 e. The Kier molecular flexibility index (Phi) is 6.69. The Hall–Kier alpha value is -1.59. The van der Waals surface area contributed by atoms with Gasteiger partial charge in [0, 0.05) is 49.5 Å². The van der Waals surface area contributed by atoms with Gasteiger partial charge >= 0.3 is 0 Å². The van der Waals surface area contributed by atoms with Crippen molar-refractivity contribution >= 4 is 17.7 Å². The highest BCUT2D eigenvalue weighted by molar-refractivity contribution is 5.83. The Morgan fingerprint density at radius 3 is 2.12 bits per heavy atom. The lowest BCUT2D eigenvalue weighted by atomic mass is 9.90. The molecule has 148 valence electrons. The minimum Gasteiger partial charge on any atom is -0.351 e. The quantitative estimate of drug-likeness (QED) is 0.832. The Balaban J connectivity index is 1.86. The van der Waals surface area contributed by atoms with E-state index in [-0.39, 0.29) is 41.0 Å². The molecule has 26 heavy (non-hydrogen) atoms. The van der Waals surface area contributed by atoms with Crippen molar-refractivity contribution in [3.05, 3.63) is 0 Å². The average molecular weight is 366 g/mol. The first-order valence-electron chi connectivity index (χ1n) is 9.98. The number of carbonyl (C=O) groups is 3. The van der Waals surface area contributed by atoms with Gasteiger partial charge in [0.25, 0.3) is 0 Å². The van der Waals surface area contributed by atoms with Crippen LogP contribution in [0.2, 0.25) is 0 Å². The molecule has 0 aromatic heterocycles. The van der Waals surface area contributed by atoms with Crippen molar-refractivity contribution in [2.24, 2.45) is 17.3 Å². The molecule has 1 atom stereocenters. The number of nitrogens with one attached hydrogen (secondary N) is 1. The van der Waals surface area contributed by atoms with Gasteiger partial charge in [0.05, 0.1) is 0 Å². The zero-order valence-corrected chi connectivity index (χ0v) is 17.0. The van der Waals surface area contributed by atoms with Gasteiger partial charge in [0.1, 0.15) is 0 Å². The summed E-state index contributed by atoms with van der Waals surface area (Å²) in [6.07, 6.45) is 3.33. The maximum Gasteiger partial charge on any atom is 0.227 e. The first-order chi connectivity index (χ1) is 12.1. The van der Waals surface area contributed by atoms with Crippen LogP contribution in [-0.2, 0) is 14.4 Å². The van der Waals surface area contributed by atoms with E-state index in [2.05, 4.69) is 5.32 Å². The summed E-state index contributed by atoms with van der Waals surface area (Å²) >= 11 is 0. The van der Waals surface area contributed by atoms with E-state index in [4.69, 9.17) is 0 Å². The highest BCUT2D eigenvalue weighted by Gasteiger charge is 2.35. The molecule has 3 amide bonds. The molecule has 2 heterocycles. The van der Waals surface area contributed by atoms with Crippen LogP contribution in [0.3, 0.4) is 0 Å². The molecule has 1 unspecified atom stereocenters. The van der Waals surface area contributed by atoms with E-state index in [0.29, 0.717) is 19.6 Å². The Morgan fingerprint density at radius 1 is 0.962 bits per heavy atom. The lowest BCUT2D eigenvalue weighted by Crippen LogP contribution is -2.53. The lowest BCUT2D eigenvalue weighted by Gasteiger charge is -2.39. The monoisotopic (exact) mass is 365 g/mol. The van der Waals surface area contributed by atoms with Crippen LogP contribution in [0, 0.1) is 17.3 Å². The van der Waals surface area contributed by atoms with Crippen molar-refractivity contribution in [2.75, 3.05) is 26.2 Å². The second kappa shape index (κ2) is 8.40. The number of carbonyl (C=O) groups excluding carboxylic acids is 3.